The average molecular weight is 281 g/mol. The van der Waals surface area contributed by atoms with Crippen LogP contribution in [0.2, 0.25) is 0 Å². The number of hydrogen-bond donors (Lipinski definition) is 0. The third-order valence-electron chi connectivity index (χ3n) is 3.69. The van der Waals surface area contributed by atoms with E-state index in [2.05, 4.69) is 28.9 Å². The molecule has 1 saturated heterocycles. The second-order valence-corrected chi connectivity index (χ2v) is 6.45. The van der Waals surface area contributed by atoms with Crippen molar-refractivity contribution < 1.29 is 14.0 Å². The molecule has 112 valence electrons. The molecule has 6 nitrogen and oxygen atoms in total. The SMILES string of the molecule is COC[C@@H]1CN(Cc2nc(C3CC3)no2)CC(C)(C)O1. The maximum atomic E-state index is 6.00. The Hall–Kier alpha value is -0.980. The van der Waals surface area contributed by atoms with E-state index in [0.29, 0.717) is 25.0 Å². The lowest BCUT2D eigenvalue weighted by Gasteiger charge is -2.42. The number of nitrogens with zero attached hydrogens (tertiary/aromatic N) is 3. The Labute approximate surface area is 119 Å². The average Bonchev–Trinajstić information content (AvgIpc) is 3.09. The first-order valence-corrected chi connectivity index (χ1v) is 7.27. The van der Waals surface area contributed by atoms with Crippen molar-refractivity contribution in [3.05, 3.63) is 11.7 Å². The maximum Gasteiger partial charge on any atom is 0.240 e. The highest BCUT2D eigenvalue weighted by molar-refractivity contribution is 5.03. The Kier molecular flexibility index (Phi) is 3.79. The van der Waals surface area contributed by atoms with Gasteiger partial charge in [0.1, 0.15) is 0 Å². The highest BCUT2D eigenvalue weighted by Crippen LogP contribution is 2.38. The number of rotatable bonds is 5. The molecule has 0 N–H and O–H groups in total. The van der Waals surface area contributed by atoms with Gasteiger partial charge in [0.25, 0.3) is 0 Å². The van der Waals surface area contributed by atoms with E-state index in [4.69, 9.17) is 14.0 Å². The number of morpholine rings is 1. The molecule has 1 aliphatic heterocycles. The van der Waals surface area contributed by atoms with E-state index in [-0.39, 0.29) is 11.7 Å². The van der Waals surface area contributed by atoms with Gasteiger partial charge in [0, 0.05) is 26.1 Å². The summed E-state index contributed by atoms with van der Waals surface area (Å²) in [5, 5.41) is 4.07. The van der Waals surface area contributed by atoms with E-state index in [0.717, 1.165) is 18.9 Å². The van der Waals surface area contributed by atoms with E-state index in [1.807, 2.05) is 0 Å². The van der Waals surface area contributed by atoms with Crippen molar-refractivity contribution in [3.63, 3.8) is 0 Å². The van der Waals surface area contributed by atoms with Gasteiger partial charge in [0.05, 0.1) is 24.9 Å². The molecule has 3 rings (SSSR count). The molecule has 0 radical (unpaired) electrons. The third-order valence-corrected chi connectivity index (χ3v) is 3.69. The second kappa shape index (κ2) is 5.42. The normalized spacial score (nSPS) is 26.9. The number of ether oxygens (including phenoxy) is 2. The van der Waals surface area contributed by atoms with Crippen LogP contribution in [0, 0.1) is 0 Å². The van der Waals surface area contributed by atoms with Crippen LogP contribution in [0.3, 0.4) is 0 Å². The Morgan fingerprint density at radius 1 is 1.40 bits per heavy atom. The van der Waals surface area contributed by atoms with Gasteiger partial charge in [0.2, 0.25) is 5.89 Å². The standard InChI is InChI=1S/C14H23N3O3/c1-14(2)9-17(6-11(19-14)8-18-3)7-12-15-13(16-20-12)10-4-5-10/h10-11H,4-9H2,1-3H3/t11-/m0/s1. The van der Waals surface area contributed by atoms with E-state index in [1.54, 1.807) is 7.11 Å². The fourth-order valence-electron chi connectivity index (χ4n) is 2.84. The first kappa shape index (κ1) is 14.0. The summed E-state index contributed by atoms with van der Waals surface area (Å²) in [6, 6.07) is 0. The summed E-state index contributed by atoms with van der Waals surface area (Å²) in [6.07, 6.45) is 2.48. The molecule has 2 heterocycles. The Balaban J connectivity index is 1.62. The smallest absolute Gasteiger partial charge is 0.240 e. The highest BCUT2D eigenvalue weighted by atomic mass is 16.5. The highest BCUT2D eigenvalue weighted by Gasteiger charge is 2.34. The zero-order valence-corrected chi connectivity index (χ0v) is 12.5. The minimum absolute atomic E-state index is 0.0922. The summed E-state index contributed by atoms with van der Waals surface area (Å²) >= 11 is 0. The van der Waals surface area contributed by atoms with Crippen LogP contribution < -0.4 is 0 Å². The van der Waals surface area contributed by atoms with Gasteiger partial charge < -0.3 is 14.0 Å². The molecule has 1 aliphatic carbocycles. The zero-order chi connectivity index (χ0) is 14.2. The van der Waals surface area contributed by atoms with Gasteiger partial charge >= 0.3 is 0 Å². The summed E-state index contributed by atoms with van der Waals surface area (Å²) in [4.78, 5) is 6.80. The van der Waals surface area contributed by atoms with Crippen molar-refractivity contribution in [1.82, 2.24) is 15.0 Å². The molecule has 20 heavy (non-hydrogen) atoms. The van der Waals surface area contributed by atoms with Crippen LogP contribution in [0.15, 0.2) is 4.52 Å². The summed E-state index contributed by atoms with van der Waals surface area (Å²) in [5.41, 5.74) is -0.180. The van der Waals surface area contributed by atoms with Gasteiger partial charge in [0.15, 0.2) is 5.82 Å². The summed E-state index contributed by atoms with van der Waals surface area (Å²) in [6.45, 7) is 7.19. The second-order valence-electron chi connectivity index (χ2n) is 6.45. The predicted molar refractivity (Wildman–Crippen MR) is 72.4 cm³/mol. The van der Waals surface area contributed by atoms with Crippen LogP contribution in [0.25, 0.3) is 0 Å². The summed E-state index contributed by atoms with van der Waals surface area (Å²) in [5.74, 6) is 2.12. The van der Waals surface area contributed by atoms with Crippen molar-refractivity contribution in [2.24, 2.45) is 0 Å². The number of hydrogen-bond acceptors (Lipinski definition) is 6. The first-order chi connectivity index (χ1) is 9.55. The number of methoxy groups -OCH3 is 1. The Bertz CT molecular complexity index is 456. The van der Waals surface area contributed by atoms with Gasteiger partial charge in [-0.1, -0.05) is 5.16 Å². The van der Waals surface area contributed by atoms with Crippen molar-refractivity contribution in [2.45, 2.75) is 50.9 Å². The molecule has 2 fully saturated rings. The van der Waals surface area contributed by atoms with Crippen molar-refractivity contribution in [3.8, 4) is 0 Å². The zero-order valence-electron chi connectivity index (χ0n) is 12.5. The molecule has 0 unspecified atom stereocenters. The summed E-state index contributed by atoms with van der Waals surface area (Å²) < 4.78 is 16.6. The fourth-order valence-corrected chi connectivity index (χ4v) is 2.84. The van der Waals surface area contributed by atoms with Gasteiger partial charge in [-0.3, -0.25) is 4.90 Å². The van der Waals surface area contributed by atoms with Gasteiger partial charge in [-0.25, -0.2) is 0 Å². The van der Waals surface area contributed by atoms with Crippen LogP contribution in [-0.4, -0.2) is 53.6 Å². The molecular formula is C14H23N3O3. The molecule has 0 bridgehead atoms. The lowest BCUT2D eigenvalue weighted by Crippen LogP contribution is -2.53. The van der Waals surface area contributed by atoms with Crippen LogP contribution in [-0.2, 0) is 16.0 Å². The molecular weight excluding hydrogens is 258 g/mol. The Morgan fingerprint density at radius 3 is 2.90 bits per heavy atom. The molecule has 1 aromatic heterocycles. The van der Waals surface area contributed by atoms with Crippen LogP contribution in [0.1, 0.15) is 44.3 Å². The van der Waals surface area contributed by atoms with Gasteiger partial charge in [-0.05, 0) is 26.7 Å². The monoisotopic (exact) mass is 281 g/mol. The lowest BCUT2D eigenvalue weighted by atomic mass is 10.1. The molecule has 1 atom stereocenters. The molecule has 6 heteroatoms. The minimum atomic E-state index is -0.180. The third kappa shape index (κ3) is 3.37. The van der Waals surface area contributed by atoms with E-state index in [1.165, 1.54) is 12.8 Å². The van der Waals surface area contributed by atoms with E-state index >= 15 is 0 Å². The van der Waals surface area contributed by atoms with Gasteiger partial charge in [-0.2, -0.15) is 4.98 Å². The minimum Gasteiger partial charge on any atom is -0.382 e. The first-order valence-electron chi connectivity index (χ1n) is 7.27. The Morgan fingerprint density at radius 2 is 2.20 bits per heavy atom. The largest absolute Gasteiger partial charge is 0.382 e. The van der Waals surface area contributed by atoms with Crippen LogP contribution in [0.4, 0.5) is 0 Å². The molecule has 1 aromatic rings. The van der Waals surface area contributed by atoms with Crippen molar-refractivity contribution in [1.29, 1.82) is 0 Å². The fraction of sp³-hybridized carbons (Fsp3) is 0.857. The molecule has 0 amide bonds. The topological polar surface area (TPSA) is 60.6 Å². The maximum absolute atomic E-state index is 6.00. The molecule has 0 aromatic carbocycles. The van der Waals surface area contributed by atoms with Crippen LogP contribution in [0.5, 0.6) is 0 Å². The van der Waals surface area contributed by atoms with E-state index < -0.39 is 0 Å². The van der Waals surface area contributed by atoms with Gasteiger partial charge in [-0.15, -0.1) is 0 Å². The molecule has 0 spiro atoms. The van der Waals surface area contributed by atoms with E-state index in [9.17, 15) is 0 Å². The number of aromatic nitrogens is 2. The lowest BCUT2D eigenvalue weighted by molar-refractivity contribution is -0.155. The quantitative estimate of drug-likeness (QED) is 0.816. The predicted octanol–water partition coefficient (Wildman–Crippen LogP) is 1.57. The van der Waals surface area contributed by atoms with Crippen LogP contribution >= 0.6 is 0 Å². The molecule has 1 saturated carbocycles. The van der Waals surface area contributed by atoms with Crippen molar-refractivity contribution in [2.75, 3.05) is 26.8 Å². The summed E-state index contributed by atoms with van der Waals surface area (Å²) in [7, 11) is 1.70. The van der Waals surface area contributed by atoms with Crippen molar-refractivity contribution >= 4 is 0 Å². The molecule has 2 aliphatic rings.